The van der Waals surface area contributed by atoms with Gasteiger partial charge in [-0.15, -0.1) is 0 Å². The second-order valence-corrected chi connectivity index (χ2v) is 11.1. The maximum atomic E-state index is 11.6. The molecule has 6 nitrogen and oxygen atoms in total. The highest BCUT2D eigenvalue weighted by Gasteiger charge is 2.42. The summed E-state index contributed by atoms with van der Waals surface area (Å²) in [5.74, 6) is 0.743. The number of rotatable bonds is 14. The standard InChI is InChI=1S/C37H42O6/c1-39-33-19-17-31(18-20-33)24-41-34-21-32(27-40-23-28-11-5-2-6-12-28)36(42-25-29-13-7-3-8-14-29)37(35(38)22-34)43-26-30-15-9-4-10-16-30/h2-20,32,34-38H,21-27H2,1H3/t32-,34+,35-,36-,37-/m1/s1. The topological polar surface area (TPSA) is 66.4 Å². The lowest BCUT2D eigenvalue weighted by atomic mass is 9.95. The van der Waals surface area contributed by atoms with E-state index in [1.807, 2.05) is 91.0 Å². The molecule has 0 amide bonds. The Labute approximate surface area is 255 Å². The minimum atomic E-state index is -0.774. The SMILES string of the molecule is COc1ccc(CO[C@H]2C[C@H](COCc3ccccc3)[C@@H](OCc3ccccc3)[C@H](OCc3ccccc3)[C@H](O)C2)cc1. The second-order valence-electron chi connectivity index (χ2n) is 11.1. The fraction of sp³-hybridized carbons (Fsp3) is 0.351. The first-order valence-electron chi connectivity index (χ1n) is 15.0. The molecule has 0 heterocycles. The Morgan fingerprint density at radius 2 is 1.05 bits per heavy atom. The number of ether oxygens (including phenoxy) is 5. The van der Waals surface area contributed by atoms with Crippen molar-refractivity contribution in [3.63, 3.8) is 0 Å². The van der Waals surface area contributed by atoms with E-state index in [9.17, 15) is 5.11 Å². The van der Waals surface area contributed by atoms with E-state index in [0.29, 0.717) is 45.9 Å². The van der Waals surface area contributed by atoms with E-state index in [0.717, 1.165) is 28.0 Å². The smallest absolute Gasteiger partial charge is 0.118 e. The van der Waals surface area contributed by atoms with Gasteiger partial charge in [0, 0.05) is 12.3 Å². The molecule has 1 aliphatic carbocycles. The van der Waals surface area contributed by atoms with Gasteiger partial charge in [-0.1, -0.05) is 103 Å². The van der Waals surface area contributed by atoms with E-state index >= 15 is 0 Å². The van der Waals surface area contributed by atoms with E-state index in [1.165, 1.54) is 0 Å². The van der Waals surface area contributed by atoms with Crippen LogP contribution in [0.4, 0.5) is 0 Å². The third-order valence-electron chi connectivity index (χ3n) is 7.90. The number of methoxy groups -OCH3 is 1. The Bertz CT molecular complexity index is 1320. The van der Waals surface area contributed by atoms with E-state index < -0.39 is 18.3 Å². The molecule has 43 heavy (non-hydrogen) atoms. The van der Waals surface area contributed by atoms with Crippen LogP contribution in [-0.2, 0) is 45.4 Å². The average Bonchev–Trinajstić information content (AvgIpc) is 3.18. The zero-order chi connectivity index (χ0) is 29.7. The zero-order valence-electron chi connectivity index (χ0n) is 24.8. The van der Waals surface area contributed by atoms with Gasteiger partial charge < -0.3 is 28.8 Å². The summed E-state index contributed by atoms with van der Waals surface area (Å²) in [6.07, 6.45) is -0.809. The minimum Gasteiger partial charge on any atom is -0.497 e. The molecule has 1 fully saturated rings. The van der Waals surface area contributed by atoms with Crippen molar-refractivity contribution in [2.24, 2.45) is 5.92 Å². The van der Waals surface area contributed by atoms with Gasteiger partial charge in [-0.05, 0) is 40.8 Å². The maximum absolute atomic E-state index is 11.6. The van der Waals surface area contributed by atoms with E-state index in [4.69, 9.17) is 23.7 Å². The van der Waals surface area contributed by atoms with Crippen LogP contribution in [0.25, 0.3) is 0 Å². The van der Waals surface area contributed by atoms with Gasteiger partial charge in [-0.3, -0.25) is 0 Å². The lowest BCUT2D eigenvalue weighted by molar-refractivity contribution is -0.152. The maximum Gasteiger partial charge on any atom is 0.118 e. The number of hydrogen-bond acceptors (Lipinski definition) is 6. The largest absolute Gasteiger partial charge is 0.497 e. The highest BCUT2D eigenvalue weighted by molar-refractivity contribution is 5.26. The van der Waals surface area contributed by atoms with Gasteiger partial charge in [0.25, 0.3) is 0 Å². The molecular formula is C37H42O6. The Balaban J connectivity index is 1.35. The number of aliphatic hydroxyl groups is 1. The van der Waals surface area contributed by atoms with Crippen LogP contribution >= 0.6 is 0 Å². The molecule has 226 valence electrons. The van der Waals surface area contributed by atoms with E-state index in [-0.39, 0.29) is 12.0 Å². The van der Waals surface area contributed by atoms with Crippen molar-refractivity contribution in [2.45, 2.75) is 63.7 Å². The lowest BCUT2D eigenvalue weighted by Crippen LogP contribution is -2.44. The van der Waals surface area contributed by atoms with Crippen LogP contribution in [0.1, 0.15) is 35.1 Å². The van der Waals surface area contributed by atoms with Crippen molar-refractivity contribution in [1.29, 1.82) is 0 Å². The predicted molar refractivity (Wildman–Crippen MR) is 166 cm³/mol. The van der Waals surface area contributed by atoms with Crippen molar-refractivity contribution in [3.8, 4) is 5.75 Å². The molecular weight excluding hydrogens is 540 g/mol. The van der Waals surface area contributed by atoms with Crippen LogP contribution in [0.2, 0.25) is 0 Å². The summed E-state index contributed by atoms with van der Waals surface area (Å²) in [6, 6.07) is 38.2. The molecule has 4 aromatic carbocycles. The molecule has 4 aromatic rings. The molecule has 0 spiro atoms. The first kappa shape index (κ1) is 30.9. The van der Waals surface area contributed by atoms with Gasteiger partial charge in [-0.2, -0.15) is 0 Å². The normalized spacial score (nSPS) is 22.1. The quantitative estimate of drug-likeness (QED) is 0.166. The lowest BCUT2D eigenvalue weighted by Gasteiger charge is -2.33. The predicted octanol–water partition coefficient (Wildman–Crippen LogP) is 6.74. The van der Waals surface area contributed by atoms with Crippen LogP contribution in [0.3, 0.4) is 0 Å². The molecule has 1 saturated carbocycles. The van der Waals surface area contributed by atoms with Gasteiger partial charge in [0.2, 0.25) is 0 Å². The summed E-state index contributed by atoms with van der Waals surface area (Å²) >= 11 is 0. The summed E-state index contributed by atoms with van der Waals surface area (Å²) in [6.45, 7) is 2.18. The van der Waals surface area contributed by atoms with E-state index in [1.54, 1.807) is 7.11 Å². The summed E-state index contributed by atoms with van der Waals surface area (Å²) < 4.78 is 31.2. The molecule has 5 atom stereocenters. The second kappa shape index (κ2) is 16.4. The summed E-state index contributed by atoms with van der Waals surface area (Å²) in [5.41, 5.74) is 4.27. The first-order chi connectivity index (χ1) is 21.2. The molecule has 0 aliphatic heterocycles. The number of benzene rings is 4. The van der Waals surface area contributed by atoms with Crippen LogP contribution in [0.5, 0.6) is 5.75 Å². The summed E-state index contributed by atoms with van der Waals surface area (Å²) in [7, 11) is 1.66. The number of aliphatic hydroxyl groups excluding tert-OH is 1. The third-order valence-corrected chi connectivity index (χ3v) is 7.90. The van der Waals surface area contributed by atoms with Gasteiger partial charge in [0.15, 0.2) is 0 Å². The zero-order valence-corrected chi connectivity index (χ0v) is 24.8. The van der Waals surface area contributed by atoms with Crippen LogP contribution in [0.15, 0.2) is 115 Å². The van der Waals surface area contributed by atoms with Gasteiger partial charge in [0.05, 0.1) is 58.5 Å². The molecule has 1 aliphatic rings. The van der Waals surface area contributed by atoms with E-state index in [2.05, 4.69) is 24.3 Å². The Morgan fingerprint density at radius 1 is 0.558 bits per heavy atom. The van der Waals surface area contributed by atoms with Crippen molar-refractivity contribution < 1.29 is 28.8 Å². The molecule has 0 unspecified atom stereocenters. The highest BCUT2D eigenvalue weighted by Crippen LogP contribution is 2.33. The first-order valence-corrected chi connectivity index (χ1v) is 15.0. The van der Waals surface area contributed by atoms with Crippen molar-refractivity contribution >= 4 is 0 Å². The van der Waals surface area contributed by atoms with Gasteiger partial charge in [-0.25, -0.2) is 0 Å². The summed E-state index contributed by atoms with van der Waals surface area (Å²) in [5, 5.41) is 11.6. The van der Waals surface area contributed by atoms with Crippen LogP contribution < -0.4 is 4.74 Å². The minimum absolute atomic E-state index is 0.0637. The molecule has 5 rings (SSSR count). The van der Waals surface area contributed by atoms with Gasteiger partial charge in [0.1, 0.15) is 11.9 Å². The fourth-order valence-corrected chi connectivity index (χ4v) is 5.57. The van der Waals surface area contributed by atoms with Crippen molar-refractivity contribution in [1.82, 2.24) is 0 Å². The Morgan fingerprint density at radius 3 is 1.60 bits per heavy atom. The molecule has 0 saturated heterocycles. The molecule has 1 N–H and O–H groups in total. The third kappa shape index (κ3) is 9.48. The Hall–Kier alpha value is -3.52. The van der Waals surface area contributed by atoms with Crippen molar-refractivity contribution in [3.05, 3.63) is 138 Å². The highest BCUT2D eigenvalue weighted by atomic mass is 16.6. The Kier molecular flexibility index (Phi) is 11.8. The molecule has 0 bridgehead atoms. The molecule has 6 heteroatoms. The van der Waals surface area contributed by atoms with Crippen molar-refractivity contribution in [2.75, 3.05) is 13.7 Å². The monoisotopic (exact) mass is 582 g/mol. The van der Waals surface area contributed by atoms with Crippen LogP contribution in [-0.4, -0.2) is 43.2 Å². The fourth-order valence-electron chi connectivity index (χ4n) is 5.57. The number of hydrogen-bond donors (Lipinski definition) is 1. The van der Waals surface area contributed by atoms with Crippen LogP contribution in [0, 0.1) is 5.92 Å². The average molecular weight is 583 g/mol. The molecule has 0 aromatic heterocycles. The van der Waals surface area contributed by atoms with Gasteiger partial charge >= 0.3 is 0 Å². The summed E-state index contributed by atoms with van der Waals surface area (Å²) in [4.78, 5) is 0. The molecule has 0 radical (unpaired) electrons.